The van der Waals surface area contributed by atoms with Crippen LogP contribution in [0.25, 0.3) is 11.3 Å². The van der Waals surface area contributed by atoms with E-state index >= 15 is 0 Å². The molecule has 1 unspecified atom stereocenters. The van der Waals surface area contributed by atoms with E-state index < -0.39 is 6.10 Å². The fraction of sp³-hybridized carbons (Fsp3) is 0.190. The van der Waals surface area contributed by atoms with Crippen molar-refractivity contribution in [1.82, 2.24) is 15.3 Å². The third-order valence-corrected chi connectivity index (χ3v) is 3.98. The second-order valence-electron chi connectivity index (χ2n) is 5.91. The van der Waals surface area contributed by atoms with Gasteiger partial charge in [0.1, 0.15) is 17.8 Å². The minimum absolute atomic E-state index is 0.205. The van der Waals surface area contributed by atoms with Crippen molar-refractivity contribution in [2.45, 2.75) is 19.6 Å². The van der Waals surface area contributed by atoms with Crippen molar-refractivity contribution in [3.05, 3.63) is 72.7 Å². The third-order valence-electron chi connectivity index (χ3n) is 3.98. The van der Waals surface area contributed by atoms with Gasteiger partial charge < -0.3 is 14.8 Å². The topological polar surface area (TPSA) is 73.3 Å². The molecule has 1 aromatic heterocycles. The van der Waals surface area contributed by atoms with Crippen LogP contribution in [0.2, 0.25) is 0 Å². The normalized spacial score (nSPS) is 11.5. The molecule has 1 amide bonds. The highest BCUT2D eigenvalue weighted by molar-refractivity contribution is 5.80. The van der Waals surface area contributed by atoms with Gasteiger partial charge in [0.15, 0.2) is 6.10 Å². The van der Waals surface area contributed by atoms with Crippen LogP contribution in [0.3, 0.4) is 0 Å². The van der Waals surface area contributed by atoms with Crippen LogP contribution >= 0.6 is 0 Å². The van der Waals surface area contributed by atoms with Crippen LogP contribution in [0.1, 0.15) is 12.6 Å². The molecule has 27 heavy (non-hydrogen) atoms. The summed E-state index contributed by atoms with van der Waals surface area (Å²) >= 11 is 0. The number of hydrogen-bond donors (Lipinski definition) is 1. The van der Waals surface area contributed by atoms with Gasteiger partial charge in [0, 0.05) is 5.56 Å². The predicted octanol–water partition coefficient (Wildman–Crippen LogP) is 3.24. The Hall–Kier alpha value is -3.41. The minimum Gasteiger partial charge on any atom is -0.497 e. The highest BCUT2D eigenvalue weighted by atomic mass is 16.5. The molecule has 0 fully saturated rings. The Morgan fingerprint density at radius 3 is 2.48 bits per heavy atom. The van der Waals surface area contributed by atoms with E-state index in [9.17, 15) is 4.79 Å². The number of methoxy groups -OCH3 is 1. The smallest absolute Gasteiger partial charge is 0.261 e. The van der Waals surface area contributed by atoms with E-state index in [0.717, 1.165) is 22.7 Å². The van der Waals surface area contributed by atoms with Gasteiger partial charge in [0.05, 0.1) is 25.0 Å². The summed E-state index contributed by atoms with van der Waals surface area (Å²) in [5.74, 6) is 1.24. The number of hydrogen-bond acceptors (Lipinski definition) is 5. The Labute approximate surface area is 158 Å². The van der Waals surface area contributed by atoms with Crippen LogP contribution in [-0.4, -0.2) is 29.1 Å². The Balaban J connectivity index is 1.59. The average Bonchev–Trinajstić information content (AvgIpc) is 2.73. The molecule has 6 nitrogen and oxygen atoms in total. The maximum absolute atomic E-state index is 12.3. The largest absolute Gasteiger partial charge is 0.497 e. The van der Waals surface area contributed by atoms with Gasteiger partial charge in [-0.1, -0.05) is 18.2 Å². The minimum atomic E-state index is -0.602. The second-order valence-corrected chi connectivity index (χ2v) is 5.91. The molecule has 138 valence electrons. The van der Waals surface area contributed by atoms with Gasteiger partial charge in [0.25, 0.3) is 5.91 Å². The summed E-state index contributed by atoms with van der Waals surface area (Å²) in [6, 6.07) is 18.7. The van der Waals surface area contributed by atoms with Crippen LogP contribution in [-0.2, 0) is 11.3 Å². The summed E-state index contributed by atoms with van der Waals surface area (Å²) in [6.45, 7) is 2.01. The fourth-order valence-electron chi connectivity index (χ4n) is 2.49. The van der Waals surface area contributed by atoms with Crippen LogP contribution in [0.5, 0.6) is 11.5 Å². The van der Waals surface area contributed by atoms with Crippen molar-refractivity contribution >= 4 is 5.91 Å². The summed E-state index contributed by atoms with van der Waals surface area (Å²) in [6.07, 6.45) is 0.889. The zero-order chi connectivity index (χ0) is 19.1. The molecule has 3 aromatic rings. The third kappa shape index (κ3) is 5.04. The number of benzene rings is 2. The van der Waals surface area contributed by atoms with Crippen LogP contribution < -0.4 is 14.8 Å². The quantitative estimate of drug-likeness (QED) is 0.698. The summed E-state index contributed by atoms with van der Waals surface area (Å²) in [7, 11) is 1.63. The number of nitrogens with one attached hydrogen (secondary N) is 1. The molecule has 3 rings (SSSR count). The molecule has 0 aliphatic heterocycles. The highest BCUT2D eigenvalue weighted by Gasteiger charge is 2.14. The molecule has 1 N–H and O–H groups in total. The summed E-state index contributed by atoms with van der Waals surface area (Å²) in [5.41, 5.74) is 2.45. The zero-order valence-corrected chi connectivity index (χ0v) is 15.3. The van der Waals surface area contributed by atoms with Crippen molar-refractivity contribution in [3.8, 4) is 22.8 Å². The predicted molar refractivity (Wildman–Crippen MR) is 102 cm³/mol. The number of amides is 1. The van der Waals surface area contributed by atoms with Gasteiger partial charge in [-0.2, -0.15) is 0 Å². The lowest BCUT2D eigenvalue weighted by Gasteiger charge is -2.14. The Morgan fingerprint density at radius 2 is 1.78 bits per heavy atom. The van der Waals surface area contributed by atoms with E-state index in [-0.39, 0.29) is 5.91 Å². The van der Waals surface area contributed by atoms with Crippen LogP contribution in [0.4, 0.5) is 0 Å². The molecule has 0 bridgehead atoms. The van der Waals surface area contributed by atoms with Gasteiger partial charge in [-0.25, -0.2) is 9.97 Å². The molecule has 0 saturated carbocycles. The van der Waals surface area contributed by atoms with E-state index in [0.29, 0.717) is 12.3 Å². The molecule has 0 saturated heterocycles. The lowest BCUT2D eigenvalue weighted by atomic mass is 10.1. The van der Waals surface area contributed by atoms with E-state index in [4.69, 9.17) is 9.47 Å². The molecule has 6 heteroatoms. The van der Waals surface area contributed by atoms with E-state index in [2.05, 4.69) is 15.3 Å². The van der Waals surface area contributed by atoms with Crippen molar-refractivity contribution in [2.24, 2.45) is 0 Å². The summed E-state index contributed by atoms with van der Waals surface area (Å²) < 4.78 is 10.8. The monoisotopic (exact) mass is 363 g/mol. The number of rotatable bonds is 7. The van der Waals surface area contributed by atoms with E-state index in [1.165, 1.54) is 6.33 Å². The van der Waals surface area contributed by atoms with Gasteiger partial charge in [-0.15, -0.1) is 0 Å². The van der Waals surface area contributed by atoms with E-state index in [1.807, 2.05) is 60.7 Å². The number of aromatic nitrogens is 2. The van der Waals surface area contributed by atoms with Crippen molar-refractivity contribution < 1.29 is 14.3 Å². The zero-order valence-electron chi connectivity index (χ0n) is 15.3. The first kappa shape index (κ1) is 18.4. The highest BCUT2D eigenvalue weighted by Crippen LogP contribution is 2.20. The maximum Gasteiger partial charge on any atom is 0.261 e. The average molecular weight is 363 g/mol. The molecule has 2 aromatic carbocycles. The molecule has 0 spiro atoms. The Morgan fingerprint density at radius 1 is 1.04 bits per heavy atom. The summed E-state index contributed by atoms with van der Waals surface area (Å²) in [4.78, 5) is 20.8. The molecular weight excluding hydrogens is 342 g/mol. The molecule has 0 radical (unpaired) electrons. The molecule has 1 atom stereocenters. The number of carbonyl (C=O) groups is 1. The van der Waals surface area contributed by atoms with Crippen LogP contribution in [0.15, 0.2) is 67.0 Å². The standard InChI is InChI=1S/C21H21N3O3/c1-15(27-19-6-4-3-5-7-19)21(25)22-13-17-12-20(24-14-23-17)16-8-10-18(26-2)11-9-16/h3-12,14-15H,13H2,1-2H3,(H,22,25). The van der Waals surface area contributed by atoms with Crippen LogP contribution in [0, 0.1) is 0 Å². The van der Waals surface area contributed by atoms with Crippen molar-refractivity contribution in [1.29, 1.82) is 0 Å². The van der Waals surface area contributed by atoms with Crippen molar-refractivity contribution in [3.63, 3.8) is 0 Å². The molecule has 0 aliphatic rings. The van der Waals surface area contributed by atoms with Gasteiger partial charge in [0.2, 0.25) is 0 Å². The number of nitrogens with zero attached hydrogens (tertiary/aromatic N) is 2. The Bertz CT molecular complexity index is 883. The first-order valence-electron chi connectivity index (χ1n) is 8.60. The second kappa shape index (κ2) is 8.80. The first-order chi connectivity index (χ1) is 13.2. The van der Waals surface area contributed by atoms with Gasteiger partial charge in [-0.3, -0.25) is 4.79 Å². The lowest BCUT2D eigenvalue weighted by molar-refractivity contribution is -0.127. The van der Waals surface area contributed by atoms with E-state index in [1.54, 1.807) is 14.0 Å². The maximum atomic E-state index is 12.3. The molecule has 1 heterocycles. The number of carbonyl (C=O) groups excluding carboxylic acids is 1. The fourth-order valence-corrected chi connectivity index (χ4v) is 2.49. The van der Waals surface area contributed by atoms with Crippen molar-refractivity contribution in [2.75, 3.05) is 7.11 Å². The lowest BCUT2D eigenvalue weighted by Crippen LogP contribution is -2.36. The SMILES string of the molecule is COc1ccc(-c2cc(CNC(=O)C(C)Oc3ccccc3)ncn2)cc1. The van der Waals surface area contributed by atoms with Gasteiger partial charge >= 0.3 is 0 Å². The molecular formula is C21H21N3O3. The Kier molecular flexibility index (Phi) is 5.99. The van der Waals surface area contributed by atoms with Gasteiger partial charge in [-0.05, 0) is 49.4 Å². The number of ether oxygens (including phenoxy) is 2. The summed E-state index contributed by atoms with van der Waals surface area (Å²) in [5, 5.41) is 2.84. The number of para-hydroxylation sites is 1. The first-order valence-corrected chi connectivity index (χ1v) is 8.60. The molecule has 0 aliphatic carbocycles.